The number of thioether (sulfide) groups is 1. The van der Waals surface area contributed by atoms with Crippen molar-refractivity contribution in [1.82, 2.24) is 14.8 Å². The van der Waals surface area contributed by atoms with Gasteiger partial charge in [-0.25, -0.2) is 0 Å². The average molecular weight is 456 g/mol. The van der Waals surface area contributed by atoms with Crippen molar-refractivity contribution in [1.29, 1.82) is 0 Å². The van der Waals surface area contributed by atoms with E-state index in [9.17, 15) is 9.59 Å². The maximum Gasteiger partial charge on any atom is 0.257 e. The number of carbonyl (C=O) groups excluding carboxylic acids is 1. The minimum atomic E-state index is -0.368. The van der Waals surface area contributed by atoms with Gasteiger partial charge in [-0.15, -0.1) is 0 Å². The third-order valence-corrected chi connectivity index (χ3v) is 6.89. The van der Waals surface area contributed by atoms with Gasteiger partial charge in [-0.05, 0) is 54.1 Å². The Balaban J connectivity index is 1.57. The standard InChI is InChI=1S/C24H26ClN3O2S/c1-27-16-21(24(30)26-14-17-3-6-19(25)7-4-17)23(29)20-13-18(5-8-22(20)27)15-28-9-2-11-31-12-10-28/h3-8,13,16H,2,9-12,14-15H2,1H3,(H,26,30). The van der Waals surface area contributed by atoms with Crippen LogP contribution in [0.1, 0.15) is 27.9 Å². The van der Waals surface area contributed by atoms with Gasteiger partial charge in [0, 0.05) is 49.0 Å². The number of aryl methyl sites for hydroxylation is 1. The van der Waals surface area contributed by atoms with Crippen LogP contribution in [0.5, 0.6) is 0 Å². The van der Waals surface area contributed by atoms with Crippen molar-refractivity contribution in [2.24, 2.45) is 7.05 Å². The fraction of sp³-hybridized carbons (Fsp3) is 0.333. The number of hydrogen-bond donors (Lipinski definition) is 1. The molecule has 162 valence electrons. The molecule has 1 fully saturated rings. The molecule has 5 nitrogen and oxygen atoms in total. The number of amides is 1. The van der Waals surface area contributed by atoms with Gasteiger partial charge in [0.15, 0.2) is 0 Å². The number of fused-ring (bicyclic) bond motifs is 1. The lowest BCUT2D eigenvalue weighted by Gasteiger charge is -2.20. The van der Waals surface area contributed by atoms with Crippen LogP contribution in [0.4, 0.5) is 0 Å². The number of rotatable bonds is 5. The van der Waals surface area contributed by atoms with Gasteiger partial charge in [-0.3, -0.25) is 14.5 Å². The van der Waals surface area contributed by atoms with Gasteiger partial charge in [0.05, 0.1) is 5.52 Å². The molecule has 0 spiro atoms. The molecule has 3 aromatic rings. The van der Waals surface area contributed by atoms with Crippen LogP contribution in [-0.4, -0.2) is 40.0 Å². The Bertz CT molecular complexity index is 1140. The molecule has 0 atom stereocenters. The second kappa shape index (κ2) is 9.90. The molecule has 0 aliphatic carbocycles. The highest BCUT2D eigenvalue weighted by atomic mass is 35.5. The summed E-state index contributed by atoms with van der Waals surface area (Å²) in [5.41, 5.74) is 2.79. The number of nitrogens with one attached hydrogen (secondary N) is 1. The molecule has 0 bridgehead atoms. The van der Waals surface area contributed by atoms with Crippen molar-refractivity contribution in [3.63, 3.8) is 0 Å². The molecule has 1 aromatic heterocycles. The molecule has 31 heavy (non-hydrogen) atoms. The zero-order valence-electron chi connectivity index (χ0n) is 17.6. The molecule has 0 unspecified atom stereocenters. The summed E-state index contributed by atoms with van der Waals surface area (Å²) in [6.45, 7) is 3.31. The van der Waals surface area contributed by atoms with Crippen LogP contribution in [0.2, 0.25) is 5.02 Å². The molecule has 1 aliphatic heterocycles. The molecular formula is C24H26ClN3O2S. The van der Waals surface area contributed by atoms with Gasteiger partial charge < -0.3 is 9.88 Å². The van der Waals surface area contributed by atoms with Crippen molar-refractivity contribution in [3.8, 4) is 0 Å². The maximum atomic E-state index is 13.2. The second-order valence-corrected chi connectivity index (χ2v) is 9.55. The van der Waals surface area contributed by atoms with Crippen molar-refractivity contribution in [3.05, 3.63) is 80.6 Å². The van der Waals surface area contributed by atoms with Crippen molar-refractivity contribution < 1.29 is 4.79 Å². The molecule has 0 radical (unpaired) electrons. The zero-order valence-corrected chi connectivity index (χ0v) is 19.1. The predicted octanol–water partition coefficient (Wildman–Crippen LogP) is 4.06. The van der Waals surface area contributed by atoms with Crippen LogP contribution in [0.3, 0.4) is 0 Å². The topological polar surface area (TPSA) is 54.3 Å². The molecule has 0 saturated carbocycles. The minimum absolute atomic E-state index is 0.160. The highest BCUT2D eigenvalue weighted by molar-refractivity contribution is 7.99. The zero-order chi connectivity index (χ0) is 21.8. The van der Waals surface area contributed by atoms with Gasteiger partial charge in [-0.2, -0.15) is 11.8 Å². The first-order chi connectivity index (χ1) is 15.0. The lowest BCUT2D eigenvalue weighted by atomic mass is 10.1. The van der Waals surface area contributed by atoms with E-state index in [-0.39, 0.29) is 16.9 Å². The monoisotopic (exact) mass is 455 g/mol. The van der Waals surface area contributed by atoms with E-state index < -0.39 is 0 Å². The Kier molecular flexibility index (Phi) is 7.00. The summed E-state index contributed by atoms with van der Waals surface area (Å²) in [5.74, 6) is 1.99. The number of nitrogens with zero attached hydrogens (tertiary/aromatic N) is 2. The summed E-state index contributed by atoms with van der Waals surface area (Å²) >= 11 is 7.91. The SMILES string of the molecule is Cn1cc(C(=O)NCc2ccc(Cl)cc2)c(=O)c2cc(CN3CCCSCC3)ccc21. The van der Waals surface area contributed by atoms with Gasteiger partial charge in [0.1, 0.15) is 5.56 Å². The molecular weight excluding hydrogens is 430 g/mol. The molecule has 2 heterocycles. The van der Waals surface area contributed by atoms with Crippen molar-refractivity contribution in [2.45, 2.75) is 19.5 Å². The van der Waals surface area contributed by atoms with Crippen LogP contribution < -0.4 is 10.7 Å². The first kappa shape index (κ1) is 21.9. The number of carbonyl (C=O) groups is 1. The number of aromatic nitrogens is 1. The van der Waals surface area contributed by atoms with Crippen LogP contribution in [0.25, 0.3) is 10.9 Å². The molecule has 7 heteroatoms. The Morgan fingerprint density at radius 1 is 1.10 bits per heavy atom. The van der Waals surface area contributed by atoms with Crippen LogP contribution >= 0.6 is 23.4 Å². The highest BCUT2D eigenvalue weighted by Crippen LogP contribution is 2.18. The van der Waals surface area contributed by atoms with Crippen molar-refractivity contribution in [2.75, 3.05) is 24.6 Å². The van der Waals surface area contributed by atoms with E-state index >= 15 is 0 Å². The van der Waals surface area contributed by atoms with Crippen LogP contribution in [-0.2, 0) is 20.1 Å². The van der Waals surface area contributed by atoms with Gasteiger partial charge in [-0.1, -0.05) is 29.8 Å². The molecule has 1 N–H and O–H groups in total. The van der Waals surface area contributed by atoms with E-state index in [1.54, 1.807) is 18.3 Å². The highest BCUT2D eigenvalue weighted by Gasteiger charge is 2.16. The number of pyridine rings is 1. The average Bonchev–Trinajstić information content (AvgIpc) is 3.04. The van der Waals surface area contributed by atoms with Crippen LogP contribution in [0.15, 0.2) is 53.5 Å². The van der Waals surface area contributed by atoms with Crippen molar-refractivity contribution >= 4 is 40.2 Å². The molecule has 4 rings (SSSR count). The third-order valence-electron chi connectivity index (χ3n) is 5.58. The second-order valence-electron chi connectivity index (χ2n) is 7.89. The smallest absolute Gasteiger partial charge is 0.257 e. The number of hydrogen-bond acceptors (Lipinski definition) is 4. The Morgan fingerprint density at radius 2 is 1.87 bits per heavy atom. The van der Waals surface area contributed by atoms with Gasteiger partial charge >= 0.3 is 0 Å². The lowest BCUT2D eigenvalue weighted by molar-refractivity contribution is 0.0949. The summed E-state index contributed by atoms with van der Waals surface area (Å²) in [6.07, 6.45) is 2.81. The number of halogens is 1. The first-order valence-electron chi connectivity index (χ1n) is 10.5. The lowest BCUT2D eigenvalue weighted by Crippen LogP contribution is -2.29. The van der Waals surface area contributed by atoms with E-state index in [2.05, 4.69) is 16.3 Å². The van der Waals surface area contributed by atoms with E-state index in [1.165, 1.54) is 12.2 Å². The predicted molar refractivity (Wildman–Crippen MR) is 129 cm³/mol. The van der Waals surface area contributed by atoms with Gasteiger partial charge in [0.2, 0.25) is 5.43 Å². The summed E-state index contributed by atoms with van der Waals surface area (Å²) in [5, 5.41) is 4.08. The minimum Gasteiger partial charge on any atom is -0.350 e. The fourth-order valence-electron chi connectivity index (χ4n) is 3.89. The Hall–Kier alpha value is -2.28. The normalized spacial score (nSPS) is 15.0. The van der Waals surface area contributed by atoms with E-state index in [0.717, 1.165) is 42.0 Å². The molecule has 1 saturated heterocycles. The molecule has 1 amide bonds. The third kappa shape index (κ3) is 5.32. The Labute approximate surface area is 191 Å². The van der Waals surface area contributed by atoms with Gasteiger partial charge in [0.25, 0.3) is 5.91 Å². The Morgan fingerprint density at radius 3 is 2.68 bits per heavy atom. The quantitative estimate of drug-likeness (QED) is 0.630. The van der Waals surface area contributed by atoms with E-state index in [4.69, 9.17) is 11.6 Å². The summed E-state index contributed by atoms with van der Waals surface area (Å²) in [7, 11) is 1.86. The fourth-order valence-corrected chi connectivity index (χ4v) is 4.94. The van der Waals surface area contributed by atoms with E-state index in [0.29, 0.717) is 17.0 Å². The summed E-state index contributed by atoms with van der Waals surface area (Å²) in [4.78, 5) is 28.4. The van der Waals surface area contributed by atoms with E-state index in [1.807, 2.05) is 47.6 Å². The largest absolute Gasteiger partial charge is 0.350 e. The first-order valence-corrected chi connectivity index (χ1v) is 12.0. The van der Waals surface area contributed by atoms with Crippen LogP contribution in [0, 0.1) is 0 Å². The molecule has 1 aliphatic rings. The maximum absolute atomic E-state index is 13.2. The summed E-state index contributed by atoms with van der Waals surface area (Å²) < 4.78 is 1.85. The molecule has 2 aromatic carbocycles. The number of benzene rings is 2. The summed E-state index contributed by atoms with van der Waals surface area (Å²) in [6, 6.07) is 13.3.